The molecule has 0 radical (unpaired) electrons. The lowest BCUT2D eigenvalue weighted by Crippen LogP contribution is -2.22. The second-order valence-electron chi connectivity index (χ2n) is 4.25. The fourth-order valence-corrected chi connectivity index (χ4v) is 1.96. The van der Waals surface area contributed by atoms with Crippen molar-refractivity contribution in [3.8, 4) is 0 Å². The van der Waals surface area contributed by atoms with Gasteiger partial charge in [0, 0.05) is 7.05 Å². The molecule has 0 amide bonds. The van der Waals surface area contributed by atoms with Crippen LogP contribution in [-0.2, 0) is 13.6 Å². The smallest absolute Gasteiger partial charge is 0.262 e. The van der Waals surface area contributed by atoms with Crippen LogP contribution < -0.4 is 10.9 Å². The Labute approximate surface area is 109 Å². The molecule has 0 spiro atoms. The standard InChI is InChI=1S/C14H13N3O2/c1-17-13(18)11-6-2-3-7-12(11)16-14(17)15-9-10-5-4-8-19-10/h2-8H,9H2,1H3,(H,15,16). The number of aromatic nitrogens is 2. The molecule has 2 heterocycles. The number of rotatable bonds is 3. The Hall–Kier alpha value is -2.56. The predicted octanol–water partition coefficient (Wildman–Crippen LogP) is 2.14. The lowest BCUT2D eigenvalue weighted by Gasteiger charge is -2.10. The molecule has 0 saturated heterocycles. The lowest BCUT2D eigenvalue weighted by molar-refractivity contribution is 0.517. The highest BCUT2D eigenvalue weighted by molar-refractivity contribution is 5.78. The number of anilines is 1. The van der Waals surface area contributed by atoms with Crippen molar-refractivity contribution in [2.24, 2.45) is 7.05 Å². The maximum Gasteiger partial charge on any atom is 0.262 e. The molecule has 0 fully saturated rings. The molecule has 3 rings (SSSR count). The average Bonchev–Trinajstić information content (AvgIpc) is 2.94. The van der Waals surface area contributed by atoms with Gasteiger partial charge in [-0.3, -0.25) is 9.36 Å². The number of nitrogens with zero attached hydrogens (tertiary/aromatic N) is 2. The van der Waals surface area contributed by atoms with Crippen molar-refractivity contribution in [1.82, 2.24) is 9.55 Å². The van der Waals surface area contributed by atoms with Gasteiger partial charge in [0.25, 0.3) is 5.56 Å². The maximum atomic E-state index is 12.2. The highest BCUT2D eigenvalue weighted by atomic mass is 16.3. The van der Waals surface area contributed by atoms with Crippen molar-refractivity contribution in [2.75, 3.05) is 5.32 Å². The van der Waals surface area contributed by atoms with Crippen LogP contribution in [0.1, 0.15) is 5.76 Å². The Morgan fingerprint density at radius 3 is 2.89 bits per heavy atom. The summed E-state index contributed by atoms with van der Waals surface area (Å²) in [5, 5.41) is 3.73. The highest BCUT2D eigenvalue weighted by Crippen LogP contribution is 2.11. The Bertz CT molecular complexity index is 760. The monoisotopic (exact) mass is 255 g/mol. The third-order valence-corrected chi connectivity index (χ3v) is 2.98. The summed E-state index contributed by atoms with van der Waals surface area (Å²) >= 11 is 0. The molecule has 0 unspecified atom stereocenters. The average molecular weight is 255 g/mol. The normalized spacial score (nSPS) is 10.8. The number of benzene rings is 1. The van der Waals surface area contributed by atoms with Crippen LogP contribution >= 0.6 is 0 Å². The van der Waals surface area contributed by atoms with Gasteiger partial charge in [-0.15, -0.1) is 0 Å². The molecule has 1 aromatic carbocycles. The van der Waals surface area contributed by atoms with Gasteiger partial charge in [0.1, 0.15) is 5.76 Å². The SMILES string of the molecule is Cn1c(NCc2ccco2)nc2ccccc2c1=O. The summed E-state index contributed by atoms with van der Waals surface area (Å²) in [4.78, 5) is 16.6. The number of furan rings is 1. The van der Waals surface area contributed by atoms with Gasteiger partial charge in [-0.2, -0.15) is 0 Å². The first-order chi connectivity index (χ1) is 9.25. The van der Waals surface area contributed by atoms with E-state index in [1.54, 1.807) is 19.4 Å². The van der Waals surface area contributed by atoms with Crippen LogP contribution in [0.3, 0.4) is 0 Å². The topological polar surface area (TPSA) is 60.1 Å². The number of nitrogens with one attached hydrogen (secondary N) is 1. The van der Waals surface area contributed by atoms with E-state index in [0.29, 0.717) is 23.4 Å². The largest absolute Gasteiger partial charge is 0.467 e. The van der Waals surface area contributed by atoms with Gasteiger partial charge < -0.3 is 9.73 Å². The summed E-state index contributed by atoms with van der Waals surface area (Å²) in [6.07, 6.45) is 1.61. The van der Waals surface area contributed by atoms with E-state index in [1.165, 1.54) is 4.57 Å². The van der Waals surface area contributed by atoms with Crippen LogP contribution in [0.25, 0.3) is 10.9 Å². The molecule has 5 heteroatoms. The number of fused-ring (bicyclic) bond motifs is 1. The molecule has 96 valence electrons. The van der Waals surface area contributed by atoms with Gasteiger partial charge >= 0.3 is 0 Å². The van der Waals surface area contributed by atoms with Gasteiger partial charge in [0.2, 0.25) is 5.95 Å². The first-order valence-electron chi connectivity index (χ1n) is 5.98. The molecule has 0 aliphatic heterocycles. The zero-order valence-electron chi connectivity index (χ0n) is 10.5. The number of hydrogen-bond donors (Lipinski definition) is 1. The number of hydrogen-bond acceptors (Lipinski definition) is 4. The molecule has 1 N–H and O–H groups in total. The van der Waals surface area contributed by atoms with E-state index in [-0.39, 0.29) is 5.56 Å². The Balaban J connectivity index is 1.99. The minimum absolute atomic E-state index is 0.0625. The molecule has 0 bridgehead atoms. The van der Waals surface area contributed by atoms with Crippen molar-refractivity contribution < 1.29 is 4.42 Å². The predicted molar refractivity (Wildman–Crippen MR) is 73.0 cm³/mol. The van der Waals surface area contributed by atoms with Gasteiger partial charge in [-0.05, 0) is 24.3 Å². The molecule has 3 aromatic rings. The molecule has 5 nitrogen and oxygen atoms in total. The van der Waals surface area contributed by atoms with Crippen molar-refractivity contribution >= 4 is 16.9 Å². The summed E-state index contributed by atoms with van der Waals surface area (Å²) in [6, 6.07) is 11.0. The van der Waals surface area contributed by atoms with Crippen LogP contribution in [-0.4, -0.2) is 9.55 Å². The third kappa shape index (κ3) is 2.10. The Morgan fingerprint density at radius 2 is 2.11 bits per heavy atom. The van der Waals surface area contributed by atoms with Crippen molar-refractivity contribution in [2.45, 2.75) is 6.54 Å². The second kappa shape index (κ2) is 4.61. The van der Waals surface area contributed by atoms with E-state index < -0.39 is 0 Å². The molecule has 0 atom stereocenters. The van der Waals surface area contributed by atoms with Crippen molar-refractivity contribution in [3.63, 3.8) is 0 Å². The first kappa shape index (κ1) is 11.5. The van der Waals surface area contributed by atoms with E-state index >= 15 is 0 Å². The summed E-state index contributed by atoms with van der Waals surface area (Å²) in [5.74, 6) is 1.32. The van der Waals surface area contributed by atoms with E-state index in [2.05, 4.69) is 10.3 Å². The van der Waals surface area contributed by atoms with Gasteiger partial charge in [0.05, 0.1) is 23.7 Å². The zero-order valence-corrected chi connectivity index (χ0v) is 10.5. The Morgan fingerprint density at radius 1 is 1.26 bits per heavy atom. The van der Waals surface area contributed by atoms with E-state index in [9.17, 15) is 4.79 Å². The van der Waals surface area contributed by atoms with E-state index in [0.717, 1.165) is 5.76 Å². The fourth-order valence-electron chi connectivity index (χ4n) is 1.96. The molecule has 2 aromatic heterocycles. The van der Waals surface area contributed by atoms with Crippen LogP contribution in [0.15, 0.2) is 51.9 Å². The number of para-hydroxylation sites is 1. The summed E-state index contributed by atoms with van der Waals surface area (Å²) < 4.78 is 6.74. The first-order valence-corrected chi connectivity index (χ1v) is 5.98. The quantitative estimate of drug-likeness (QED) is 0.779. The van der Waals surface area contributed by atoms with Gasteiger partial charge in [0.15, 0.2) is 0 Å². The minimum atomic E-state index is -0.0625. The Kier molecular flexibility index (Phi) is 2.79. The van der Waals surface area contributed by atoms with Gasteiger partial charge in [-0.25, -0.2) is 4.98 Å². The van der Waals surface area contributed by atoms with Crippen LogP contribution in [0.5, 0.6) is 0 Å². The van der Waals surface area contributed by atoms with E-state index in [4.69, 9.17) is 4.42 Å². The molecule has 0 saturated carbocycles. The molecular formula is C14H13N3O2. The summed E-state index contributed by atoms with van der Waals surface area (Å²) in [7, 11) is 1.70. The molecular weight excluding hydrogens is 242 g/mol. The maximum absolute atomic E-state index is 12.2. The van der Waals surface area contributed by atoms with E-state index in [1.807, 2.05) is 30.3 Å². The summed E-state index contributed by atoms with van der Waals surface area (Å²) in [6.45, 7) is 0.492. The molecule has 19 heavy (non-hydrogen) atoms. The van der Waals surface area contributed by atoms with Crippen LogP contribution in [0, 0.1) is 0 Å². The second-order valence-corrected chi connectivity index (χ2v) is 4.25. The van der Waals surface area contributed by atoms with Crippen molar-refractivity contribution in [3.05, 3.63) is 58.8 Å². The van der Waals surface area contributed by atoms with Crippen LogP contribution in [0.2, 0.25) is 0 Å². The third-order valence-electron chi connectivity index (χ3n) is 2.98. The molecule has 0 aliphatic carbocycles. The minimum Gasteiger partial charge on any atom is -0.467 e. The summed E-state index contributed by atoms with van der Waals surface area (Å²) in [5.41, 5.74) is 0.625. The zero-order chi connectivity index (χ0) is 13.2. The fraction of sp³-hybridized carbons (Fsp3) is 0.143. The van der Waals surface area contributed by atoms with Gasteiger partial charge in [-0.1, -0.05) is 12.1 Å². The highest BCUT2D eigenvalue weighted by Gasteiger charge is 2.07. The molecule has 0 aliphatic rings. The van der Waals surface area contributed by atoms with Crippen LogP contribution in [0.4, 0.5) is 5.95 Å². The van der Waals surface area contributed by atoms with Crippen molar-refractivity contribution in [1.29, 1.82) is 0 Å². The lowest BCUT2D eigenvalue weighted by atomic mass is 10.2.